The molecule has 0 aliphatic carbocycles. The Morgan fingerprint density at radius 3 is 2.24 bits per heavy atom. The standard InChI is InChI=1S/C7H3F4NO4S/c8-5-3-4(12-13)1-2-6(5)16-17(14,15)7(9,10)11/h1-3H. The Bertz CT molecular complexity index is 539. The summed E-state index contributed by atoms with van der Waals surface area (Å²) in [5.41, 5.74) is -6.08. The zero-order chi connectivity index (χ0) is 13.3. The van der Waals surface area contributed by atoms with E-state index in [1.54, 1.807) is 0 Å². The molecule has 0 aromatic heterocycles. The minimum atomic E-state index is -5.94. The predicted octanol–water partition coefficient (Wildman–Crippen LogP) is 2.45. The summed E-state index contributed by atoms with van der Waals surface area (Å²) in [6.45, 7) is 0. The summed E-state index contributed by atoms with van der Waals surface area (Å²) in [7, 11) is -5.94. The molecule has 1 rings (SSSR count). The van der Waals surface area contributed by atoms with Crippen molar-refractivity contribution < 1.29 is 30.2 Å². The fourth-order valence-corrected chi connectivity index (χ4v) is 1.25. The largest absolute Gasteiger partial charge is 0.534 e. The summed E-state index contributed by atoms with van der Waals surface area (Å²) in [5, 5.41) is 2.30. The highest BCUT2D eigenvalue weighted by Crippen LogP contribution is 2.29. The van der Waals surface area contributed by atoms with E-state index in [9.17, 15) is 30.9 Å². The van der Waals surface area contributed by atoms with Crippen molar-refractivity contribution in [2.24, 2.45) is 5.18 Å². The molecule has 0 saturated heterocycles. The van der Waals surface area contributed by atoms with Crippen LogP contribution in [0.25, 0.3) is 0 Å². The average molecular weight is 273 g/mol. The highest BCUT2D eigenvalue weighted by molar-refractivity contribution is 7.88. The van der Waals surface area contributed by atoms with Crippen LogP contribution in [-0.4, -0.2) is 13.9 Å². The van der Waals surface area contributed by atoms with Crippen LogP contribution in [0, 0.1) is 10.7 Å². The molecule has 1 aromatic carbocycles. The van der Waals surface area contributed by atoms with E-state index in [2.05, 4.69) is 9.36 Å². The normalized spacial score (nSPS) is 12.2. The molecule has 0 radical (unpaired) electrons. The third kappa shape index (κ3) is 2.90. The molecular weight excluding hydrogens is 270 g/mol. The summed E-state index contributed by atoms with van der Waals surface area (Å²) in [4.78, 5) is 9.96. The molecule has 0 N–H and O–H groups in total. The third-order valence-corrected chi connectivity index (χ3v) is 2.47. The molecule has 0 atom stereocenters. The molecule has 1 aromatic rings. The number of nitrogens with zero attached hydrogens (tertiary/aromatic N) is 1. The Kier molecular flexibility index (Phi) is 3.36. The van der Waals surface area contributed by atoms with Gasteiger partial charge in [0.15, 0.2) is 11.6 Å². The average Bonchev–Trinajstić information content (AvgIpc) is 2.19. The maximum atomic E-state index is 13.0. The third-order valence-electron chi connectivity index (χ3n) is 1.50. The lowest BCUT2D eigenvalue weighted by molar-refractivity contribution is -0.0500. The van der Waals surface area contributed by atoms with Gasteiger partial charge in [-0.15, -0.1) is 4.91 Å². The number of rotatable bonds is 3. The minimum Gasteiger partial charge on any atom is -0.373 e. The van der Waals surface area contributed by atoms with Crippen molar-refractivity contribution in [1.29, 1.82) is 0 Å². The fourth-order valence-electron chi connectivity index (χ4n) is 0.780. The van der Waals surface area contributed by atoms with Crippen molar-refractivity contribution >= 4 is 15.8 Å². The smallest absolute Gasteiger partial charge is 0.373 e. The maximum absolute atomic E-state index is 13.0. The van der Waals surface area contributed by atoms with Crippen molar-refractivity contribution in [3.8, 4) is 5.75 Å². The van der Waals surface area contributed by atoms with E-state index in [0.717, 1.165) is 6.07 Å². The molecule has 0 fully saturated rings. The van der Waals surface area contributed by atoms with E-state index in [-0.39, 0.29) is 0 Å². The van der Waals surface area contributed by atoms with Gasteiger partial charge < -0.3 is 4.18 Å². The topological polar surface area (TPSA) is 72.8 Å². The predicted molar refractivity (Wildman–Crippen MR) is 47.5 cm³/mol. The van der Waals surface area contributed by atoms with Gasteiger partial charge in [-0.25, -0.2) is 4.39 Å². The number of alkyl halides is 3. The van der Waals surface area contributed by atoms with Crippen LogP contribution in [0.5, 0.6) is 5.75 Å². The zero-order valence-corrected chi connectivity index (χ0v) is 8.55. The first-order chi connectivity index (χ1) is 7.67. The monoisotopic (exact) mass is 273 g/mol. The lowest BCUT2D eigenvalue weighted by atomic mass is 10.3. The number of nitroso groups, excluding NO2 is 1. The second-order valence-electron chi connectivity index (χ2n) is 2.69. The van der Waals surface area contributed by atoms with Crippen LogP contribution in [0.2, 0.25) is 0 Å². The van der Waals surface area contributed by atoms with E-state index < -0.39 is 32.9 Å². The van der Waals surface area contributed by atoms with Gasteiger partial charge in [0.1, 0.15) is 5.69 Å². The van der Waals surface area contributed by atoms with Crippen LogP contribution in [0.3, 0.4) is 0 Å². The zero-order valence-electron chi connectivity index (χ0n) is 7.73. The van der Waals surface area contributed by atoms with Gasteiger partial charge in [-0.2, -0.15) is 21.6 Å². The molecular formula is C7H3F4NO4S. The van der Waals surface area contributed by atoms with Gasteiger partial charge in [0.2, 0.25) is 0 Å². The SMILES string of the molecule is O=Nc1ccc(OS(=O)(=O)C(F)(F)F)c(F)c1. The van der Waals surface area contributed by atoms with Crippen LogP contribution in [-0.2, 0) is 10.1 Å². The van der Waals surface area contributed by atoms with Crippen LogP contribution < -0.4 is 4.18 Å². The maximum Gasteiger partial charge on any atom is 0.534 e. The molecule has 0 bridgehead atoms. The van der Waals surface area contributed by atoms with E-state index in [0.29, 0.717) is 12.1 Å². The van der Waals surface area contributed by atoms with Gasteiger partial charge in [0, 0.05) is 6.07 Å². The summed E-state index contributed by atoms with van der Waals surface area (Å²) in [6, 6.07) is 1.79. The molecule has 0 aliphatic heterocycles. The molecule has 0 unspecified atom stereocenters. The Hall–Kier alpha value is -1.71. The second kappa shape index (κ2) is 4.28. The molecule has 0 amide bonds. The van der Waals surface area contributed by atoms with Crippen molar-refractivity contribution in [2.75, 3.05) is 0 Å². The van der Waals surface area contributed by atoms with Gasteiger partial charge in [0.25, 0.3) is 0 Å². The quantitative estimate of drug-likeness (QED) is 0.367. The van der Waals surface area contributed by atoms with E-state index in [1.165, 1.54) is 0 Å². The van der Waals surface area contributed by atoms with E-state index in [1.807, 2.05) is 0 Å². The molecule has 0 spiro atoms. The highest BCUT2D eigenvalue weighted by atomic mass is 32.2. The van der Waals surface area contributed by atoms with Gasteiger partial charge >= 0.3 is 15.6 Å². The number of hydrogen-bond donors (Lipinski definition) is 0. The van der Waals surface area contributed by atoms with Gasteiger partial charge in [-0.3, -0.25) is 0 Å². The van der Waals surface area contributed by atoms with Crippen molar-refractivity contribution in [3.63, 3.8) is 0 Å². The molecule has 94 valence electrons. The minimum absolute atomic E-state index is 0.417. The Morgan fingerprint density at radius 1 is 1.24 bits per heavy atom. The van der Waals surface area contributed by atoms with Crippen molar-refractivity contribution in [3.05, 3.63) is 28.9 Å². The van der Waals surface area contributed by atoms with Gasteiger partial charge in [-0.05, 0) is 17.3 Å². The Labute approximate surface area is 92.1 Å². The lowest BCUT2D eigenvalue weighted by Crippen LogP contribution is -2.28. The Morgan fingerprint density at radius 2 is 1.82 bits per heavy atom. The van der Waals surface area contributed by atoms with Crippen molar-refractivity contribution in [2.45, 2.75) is 5.51 Å². The Balaban J connectivity index is 3.09. The number of halogens is 4. The van der Waals surface area contributed by atoms with Crippen LogP contribution in [0.1, 0.15) is 0 Å². The van der Waals surface area contributed by atoms with E-state index >= 15 is 0 Å². The molecule has 0 saturated carbocycles. The number of benzene rings is 1. The van der Waals surface area contributed by atoms with Gasteiger partial charge in [-0.1, -0.05) is 0 Å². The molecule has 17 heavy (non-hydrogen) atoms. The fraction of sp³-hybridized carbons (Fsp3) is 0.143. The second-order valence-corrected chi connectivity index (χ2v) is 4.23. The van der Waals surface area contributed by atoms with Crippen LogP contribution >= 0.6 is 0 Å². The molecule has 0 heterocycles. The number of hydrogen-bond acceptors (Lipinski definition) is 5. The molecule has 5 nitrogen and oxygen atoms in total. The summed E-state index contributed by atoms with van der Waals surface area (Å²) >= 11 is 0. The van der Waals surface area contributed by atoms with Gasteiger partial charge in [0.05, 0.1) is 0 Å². The summed E-state index contributed by atoms with van der Waals surface area (Å²) in [6.07, 6.45) is 0. The lowest BCUT2D eigenvalue weighted by Gasteiger charge is -2.09. The first-order valence-electron chi connectivity index (χ1n) is 3.81. The van der Waals surface area contributed by atoms with Crippen LogP contribution in [0.4, 0.5) is 23.2 Å². The first-order valence-corrected chi connectivity index (χ1v) is 5.22. The molecule has 0 aliphatic rings. The summed E-state index contributed by atoms with van der Waals surface area (Å²) in [5.74, 6) is -2.62. The van der Waals surface area contributed by atoms with Crippen molar-refractivity contribution in [1.82, 2.24) is 0 Å². The molecule has 10 heteroatoms. The van der Waals surface area contributed by atoms with Crippen LogP contribution in [0.15, 0.2) is 23.4 Å². The first kappa shape index (κ1) is 13.4. The van der Waals surface area contributed by atoms with E-state index in [4.69, 9.17) is 0 Å². The highest BCUT2D eigenvalue weighted by Gasteiger charge is 2.48. The summed E-state index contributed by atoms with van der Waals surface area (Å²) < 4.78 is 73.3.